The summed E-state index contributed by atoms with van der Waals surface area (Å²) in [4.78, 5) is 27.6. The Morgan fingerprint density at radius 1 is 1.00 bits per heavy atom. The smallest absolute Gasteiger partial charge is 0.272 e. The molecule has 0 fully saturated rings. The van der Waals surface area contributed by atoms with E-state index in [1.54, 1.807) is 49.6 Å². The molecular formula is C19H15Cl2NO3S. The van der Waals surface area contributed by atoms with Crippen molar-refractivity contribution in [3.05, 3.63) is 63.0 Å². The first-order valence-electron chi connectivity index (χ1n) is 7.82. The normalized spacial score (nSPS) is 14.4. The Bertz CT molecular complexity index is 889. The van der Waals surface area contributed by atoms with Crippen LogP contribution in [-0.2, 0) is 9.59 Å². The highest BCUT2D eigenvalue weighted by molar-refractivity contribution is 8.04. The number of carbonyl (C=O) groups excluding carboxylic acids is 2. The number of amides is 2. The third kappa shape index (κ3) is 3.47. The summed E-state index contributed by atoms with van der Waals surface area (Å²) in [7, 11) is 1.57. The molecule has 134 valence electrons. The Balaban J connectivity index is 2.08. The minimum atomic E-state index is -0.394. The maximum Gasteiger partial charge on any atom is 0.272 e. The Hall–Kier alpha value is -1.95. The molecule has 0 aromatic heterocycles. The van der Waals surface area contributed by atoms with Gasteiger partial charge in [-0.05, 0) is 41.6 Å². The molecule has 26 heavy (non-hydrogen) atoms. The van der Waals surface area contributed by atoms with Crippen molar-refractivity contribution in [3.63, 3.8) is 0 Å². The summed E-state index contributed by atoms with van der Waals surface area (Å²) in [6, 6.07) is 11.7. The molecule has 0 atom stereocenters. The van der Waals surface area contributed by atoms with Gasteiger partial charge in [0.25, 0.3) is 11.8 Å². The number of ether oxygens (including phenoxy) is 1. The first-order chi connectivity index (χ1) is 12.5. The van der Waals surface area contributed by atoms with Crippen LogP contribution in [0.2, 0.25) is 10.0 Å². The van der Waals surface area contributed by atoms with Crippen molar-refractivity contribution in [2.75, 3.05) is 17.8 Å². The molecular weight excluding hydrogens is 393 g/mol. The standard InChI is InChI=1S/C19H15Cl2NO3S/c1-3-26-17-16(11-4-6-15(25-2)7-5-11)18(23)22(19(17)24)14-9-12(20)8-13(21)10-14/h4-10H,3H2,1-2H3. The molecule has 0 saturated carbocycles. The highest BCUT2D eigenvalue weighted by Crippen LogP contribution is 2.39. The molecule has 0 N–H and O–H groups in total. The van der Waals surface area contributed by atoms with E-state index in [9.17, 15) is 9.59 Å². The fraction of sp³-hybridized carbons (Fsp3) is 0.158. The molecule has 0 saturated heterocycles. The van der Waals surface area contributed by atoms with Crippen LogP contribution in [-0.4, -0.2) is 24.7 Å². The first kappa shape index (κ1) is 18.8. The molecule has 1 aliphatic rings. The molecule has 0 bridgehead atoms. The van der Waals surface area contributed by atoms with Crippen LogP contribution in [0.4, 0.5) is 5.69 Å². The minimum absolute atomic E-state index is 0.357. The van der Waals surface area contributed by atoms with Gasteiger partial charge in [-0.3, -0.25) is 9.59 Å². The second kappa shape index (κ2) is 7.74. The van der Waals surface area contributed by atoms with E-state index in [0.29, 0.717) is 43.3 Å². The fourth-order valence-electron chi connectivity index (χ4n) is 2.70. The highest BCUT2D eigenvalue weighted by atomic mass is 35.5. The lowest BCUT2D eigenvalue weighted by Gasteiger charge is -2.16. The van der Waals surface area contributed by atoms with Crippen LogP contribution >= 0.6 is 35.0 Å². The third-order valence-corrected chi connectivity index (χ3v) is 5.21. The quantitative estimate of drug-likeness (QED) is 0.651. The van der Waals surface area contributed by atoms with Crippen LogP contribution < -0.4 is 9.64 Å². The number of hydrogen-bond donors (Lipinski definition) is 0. The molecule has 2 amide bonds. The van der Waals surface area contributed by atoms with Crippen molar-refractivity contribution in [1.82, 2.24) is 0 Å². The molecule has 0 spiro atoms. The number of hydrogen-bond acceptors (Lipinski definition) is 4. The molecule has 2 aromatic carbocycles. The largest absolute Gasteiger partial charge is 0.497 e. The minimum Gasteiger partial charge on any atom is -0.497 e. The van der Waals surface area contributed by atoms with E-state index in [1.165, 1.54) is 11.8 Å². The van der Waals surface area contributed by atoms with Crippen LogP contribution in [0.15, 0.2) is 47.4 Å². The highest BCUT2D eigenvalue weighted by Gasteiger charge is 2.40. The van der Waals surface area contributed by atoms with E-state index in [0.717, 1.165) is 4.90 Å². The zero-order valence-electron chi connectivity index (χ0n) is 14.1. The van der Waals surface area contributed by atoms with E-state index < -0.39 is 5.91 Å². The summed E-state index contributed by atoms with van der Waals surface area (Å²) in [5.41, 5.74) is 1.39. The molecule has 1 heterocycles. The van der Waals surface area contributed by atoms with Crippen molar-refractivity contribution < 1.29 is 14.3 Å². The van der Waals surface area contributed by atoms with Gasteiger partial charge in [0.1, 0.15) is 5.75 Å². The van der Waals surface area contributed by atoms with Crippen molar-refractivity contribution >= 4 is 58.0 Å². The van der Waals surface area contributed by atoms with Crippen LogP contribution in [0.25, 0.3) is 5.57 Å². The number of halogens is 2. The Labute approximate surface area is 165 Å². The number of anilines is 1. The predicted octanol–water partition coefficient (Wildman–Crippen LogP) is 5.04. The van der Waals surface area contributed by atoms with Crippen LogP contribution in [0.3, 0.4) is 0 Å². The summed E-state index contributed by atoms with van der Waals surface area (Å²) >= 11 is 13.4. The molecule has 0 radical (unpaired) electrons. The van der Waals surface area contributed by atoms with Crippen LogP contribution in [0, 0.1) is 0 Å². The van der Waals surface area contributed by atoms with Crippen LogP contribution in [0.5, 0.6) is 5.75 Å². The average molecular weight is 408 g/mol. The SMILES string of the molecule is CCSC1=C(c2ccc(OC)cc2)C(=O)N(c2cc(Cl)cc(Cl)c2)C1=O. The lowest BCUT2D eigenvalue weighted by atomic mass is 10.1. The average Bonchev–Trinajstić information content (AvgIpc) is 2.85. The van der Waals surface area contributed by atoms with Crippen molar-refractivity contribution in [2.45, 2.75) is 6.92 Å². The van der Waals surface area contributed by atoms with Crippen molar-refractivity contribution in [3.8, 4) is 5.75 Å². The Kier molecular flexibility index (Phi) is 5.61. The molecule has 0 unspecified atom stereocenters. The molecule has 3 rings (SSSR count). The number of imide groups is 1. The van der Waals surface area contributed by atoms with Crippen LogP contribution in [0.1, 0.15) is 12.5 Å². The van der Waals surface area contributed by atoms with Gasteiger partial charge >= 0.3 is 0 Å². The second-order valence-corrected chi connectivity index (χ2v) is 7.59. The van der Waals surface area contributed by atoms with Gasteiger partial charge in [0.2, 0.25) is 0 Å². The van der Waals surface area contributed by atoms with Gasteiger partial charge < -0.3 is 4.74 Å². The third-order valence-electron chi connectivity index (χ3n) is 3.81. The number of methoxy groups -OCH3 is 1. The zero-order valence-corrected chi connectivity index (χ0v) is 16.4. The van der Waals surface area contributed by atoms with E-state index in [1.807, 2.05) is 6.92 Å². The number of nitrogens with zero attached hydrogens (tertiary/aromatic N) is 1. The Morgan fingerprint density at radius 3 is 2.15 bits per heavy atom. The lowest BCUT2D eigenvalue weighted by Crippen LogP contribution is -2.31. The molecule has 2 aromatic rings. The Morgan fingerprint density at radius 2 is 1.62 bits per heavy atom. The number of carbonyl (C=O) groups is 2. The summed E-state index contributed by atoms with van der Waals surface area (Å²) in [5, 5.41) is 0.714. The summed E-state index contributed by atoms with van der Waals surface area (Å²) in [6.07, 6.45) is 0. The molecule has 4 nitrogen and oxygen atoms in total. The summed E-state index contributed by atoms with van der Waals surface area (Å²) in [5.74, 6) is 0.577. The first-order valence-corrected chi connectivity index (χ1v) is 9.56. The van der Waals surface area contributed by atoms with Gasteiger partial charge in [-0.2, -0.15) is 0 Å². The topological polar surface area (TPSA) is 46.6 Å². The van der Waals surface area contributed by atoms with E-state index in [4.69, 9.17) is 27.9 Å². The number of rotatable bonds is 5. The fourth-order valence-corrected chi connectivity index (χ4v) is 4.07. The maximum atomic E-state index is 13.1. The monoisotopic (exact) mass is 407 g/mol. The van der Waals surface area contributed by atoms with Gasteiger partial charge in [-0.15, -0.1) is 11.8 Å². The summed E-state index contributed by atoms with van der Waals surface area (Å²) < 4.78 is 5.16. The molecule has 7 heteroatoms. The predicted molar refractivity (Wildman–Crippen MR) is 107 cm³/mol. The lowest BCUT2D eigenvalue weighted by molar-refractivity contribution is -0.119. The second-order valence-electron chi connectivity index (χ2n) is 5.44. The van der Waals surface area contributed by atoms with Gasteiger partial charge in [-0.1, -0.05) is 42.3 Å². The molecule has 0 aliphatic carbocycles. The van der Waals surface area contributed by atoms with Gasteiger partial charge in [0.15, 0.2) is 0 Å². The van der Waals surface area contributed by atoms with Gasteiger partial charge in [-0.25, -0.2) is 4.90 Å². The number of benzene rings is 2. The van der Waals surface area contributed by atoms with Crippen molar-refractivity contribution in [2.24, 2.45) is 0 Å². The van der Waals surface area contributed by atoms with Gasteiger partial charge in [0, 0.05) is 10.0 Å². The number of thioether (sulfide) groups is 1. The molecule has 1 aliphatic heterocycles. The van der Waals surface area contributed by atoms with E-state index in [2.05, 4.69) is 0 Å². The van der Waals surface area contributed by atoms with Crippen molar-refractivity contribution in [1.29, 1.82) is 0 Å². The van der Waals surface area contributed by atoms with Gasteiger partial charge in [0.05, 0.1) is 23.3 Å². The van der Waals surface area contributed by atoms with E-state index in [-0.39, 0.29) is 5.91 Å². The zero-order chi connectivity index (χ0) is 18.8. The summed E-state index contributed by atoms with van der Waals surface area (Å²) in [6.45, 7) is 1.93. The maximum absolute atomic E-state index is 13.1. The van der Waals surface area contributed by atoms with E-state index >= 15 is 0 Å².